The minimum absolute atomic E-state index is 0.181. The van der Waals surface area contributed by atoms with Gasteiger partial charge in [-0.1, -0.05) is 11.6 Å². The van der Waals surface area contributed by atoms with Gasteiger partial charge >= 0.3 is 11.8 Å². The van der Waals surface area contributed by atoms with Crippen molar-refractivity contribution in [3.63, 3.8) is 0 Å². The third kappa shape index (κ3) is 5.42. The van der Waals surface area contributed by atoms with E-state index in [-0.39, 0.29) is 6.10 Å². The predicted molar refractivity (Wildman–Crippen MR) is 94.0 cm³/mol. The van der Waals surface area contributed by atoms with Crippen molar-refractivity contribution in [1.29, 1.82) is 0 Å². The molecule has 1 fully saturated rings. The van der Waals surface area contributed by atoms with Crippen LogP contribution in [0.3, 0.4) is 0 Å². The Hall–Kier alpha value is -2.15. The molecule has 1 aliphatic carbocycles. The highest BCUT2D eigenvalue weighted by Crippen LogP contribution is 2.19. The van der Waals surface area contributed by atoms with Gasteiger partial charge in [-0.15, -0.1) is 0 Å². The molecule has 2 heterocycles. The first-order valence-electron chi connectivity index (χ1n) is 9.12. The van der Waals surface area contributed by atoms with Crippen LogP contribution in [-0.4, -0.2) is 40.9 Å². The van der Waals surface area contributed by atoms with Crippen LogP contribution in [0.15, 0.2) is 24.0 Å². The number of aromatic nitrogens is 2. The summed E-state index contributed by atoms with van der Waals surface area (Å²) in [5, 5.41) is 9.46. The predicted octanol–water partition coefficient (Wildman–Crippen LogP) is 2.01. The number of nitrogens with zero attached hydrogens (tertiary/aromatic N) is 2. The van der Waals surface area contributed by atoms with Crippen LogP contribution < -0.4 is 10.6 Å². The van der Waals surface area contributed by atoms with E-state index in [4.69, 9.17) is 4.74 Å². The molecule has 0 radical (unpaired) electrons. The van der Waals surface area contributed by atoms with Gasteiger partial charge < -0.3 is 15.4 Å². The van der Waals surface area contributed by atoms with E-state index in [0.29, 0.717) is 18.8 Å². The largest absolute Gasteiger partial charge is 0.376 e. The molecule has 1 aromatic heterocycles. The molecule has 1 aliphatic heterocycles. The maximum atomic E-state index is 11.9. The number of ether oxygens (including phenoxy) is 1. The number of nitrogens with one attached hydrogen (secondary N) is 2. The van der Waals surface area contributed by atoms with E-state index < -0.39 is 11.8 Å². The van der Waals surface area contributed by atoms with Crippen molar-refractivity contribution < 1.29 is 14.3 Å². The van der Waals surface area contributed by atoms with E-state index in [2.05, 4.69) is 21.8 Å². The van der Waals surface area contributed by atoms with E-state index in [9.17, 15) is 9.59 Å². The van der Waals surface area contributed by atoms with Gasteiger partial charge in [-0.3, -0.25) is 14.3 Å². The molecule has 2 N–H and O–H groups in total. The van der Waals surface area contributed by atoms with Crippen molar-refractivity contribution in [2.24, 2.45) is 0 Å². The molecule has 1 atom stereocenters. The van der Waals surface area contributed by atoms with Crippen molar-refractivity contribution in [1.82, 2.24) is 15.1 Å². The van der Waals surface area contributed by atoms with Crippen LogP contribution in [0.5, 0.6) is 0 Å². The second kappa shape index (κ2) is 8.80. The normalized spacial score (nSPS) is 20.2. The summed E-state index contributed by atoms with van der Waals surface area (Å²) >= 11 is 0. The van der Waals surface area contributed by atoms with E-state index in [1.807, 2.05) is 0 Å². The van der Waals surface area contributed by atoms with Gasteiger partial charge in [0.05, 0.1) is 24.5 Å². The number of amides is 2. The number of rotatable bonds is 6. The summed E-state index contributed by atoms with van der Waals surface area (Å²) in [7, 11) is 0. The molecule has 0 aromatic carbocycles. The molecule has 7 nitrogen and oxygen atoms in total. The van der Waals surface area contributed by atoms with Gasteiger partial charge in [0.2, 0.25) is 0 Å². The Balaban J connectivity index is 1.39. The monoisotopic (exact) mass is 346 g/mol. The molecule has 2 amide bonds. The number of carbonyl (C=O) groups is 2. The average Bonchev–Trinajstić information content (AvgIpc) is 3.28. The molecular weight excluding hydrogens is 320 g/mol. The highest BCUT2D eigenvalue weighted by atomic mass is 16.5. The lowest BCUT2D eigenvalue weighted by atomic mass is 9.97. The van der Waals surface area contributed by atoms with Crippen LogP contribution in [0.2, 0.25) is 0 Å². The molecule has 0 spiro atoms. The quantitative estimate of drug-likeness (QED) is 0.609. The van der Waals surface area contributed by atoms with Crippen LogP contribution in [0.25, 0.3) is 0 Å². The standard InChI is InChI=1S/C18H26N4O3/c23-17(19-9-8-14-5-2-1-3-6-14)18(24)21-15-11-20-22(12-15)13-16-7-4-10-25-16/h5,11-12,16H,1-4,6-10,13H2,(H,19,23)(H,21,24)/t16-/m0/s1. The number of hydrogen-bond acceptors (Lipinski definition) is 4. The topological polar surface area (TPSA) is 85.3 Å². The number of anilines is 1. The van der Waals surface area contributed by atoms with Crippen molar-refractivity contribution in [2.75, 3.05) is 18.5 Å². The highest BCUT2D eigenvalue weighted by Gasteiger charge is 2.18. The Morgan fingerprint density at radius 3 is 2.96 bits per heavy atom. The fourth-order valence-electron chi connectivity index (χ4n) is 3.26. The lowest BCUT2D eigenvalue weighted by Gasteiger charge is -2.12. The smallest absolute Gasteiger partial charge is 0.313 e. The van der Waals surface area contributed by atoms with Crippen LogP contribution in [0, 0.1) is 0 Å². The molecule has 0 saturated carbocycles. The Bertz CT molecular complexity index is 632. The first-order valence-corrected chi connectivity index (χ1v) is 9.12. The van der Waals surface area contributed by atoms with Gasteiger partial charge in [-0.25, -0.2) is 0 Å². The molecular formula is C18H26N4O3. The van der Waals surface area contributed by atoms with Gasteiger partial charge in [0.1, 0.15) is 0 Å². The Labute approximate surface area is 147 Å². The SMILES string of the molecule is O=C(NCCC1=CCCCC1)C(=O)Nc1cnn(C[C@@H]2CCCO2)c1. The average molecular weight is 346 g/mol. The molecule has 0 bridgehead atoms. The van der Waals surface area contributed by atoms with Crippen LogP contribution in [-0.2, 0) is 20.9 Å². The molecule has 0 unspecified atom stereocenters. The minimum Gasteiger partial charge on any atom is -0.376 e. The van der Waals surface area contributed by atoms with E-state index in [1.165, 1.54) is 18.4 Å². The zero-order chi connectivity index (χ0) is 17.5. The summed E-state index contributed by atoms with van der Waals surface area (Å²) < 4.78 is 7.30. The van der Waals surface area contributed by atoms with Gasteiger partial charge in [0.15, 0.2) is 0 Å². The van der Waals surface area contributed by atoms with Crippen molar-refractivity contribution >= 4 is 17.5 Å². The maximum Gasteiger partial charge on any atom is 0.313 e. The summed E-state index contributed by atoms with van der Waals surface area (Å²) in [5.74, 6) is -1.27. The van der Waals surface area contributed by atoms with Crippen LogP contribution >= 0.6 is 0 Å². The minimum atomic E-state index is -0.658. The molecule has 25 heavy (non-hydrogen) atoms. The number of carbonyl (C=O) groups excluding carboxylic acids is 2. The second-order valence-electron chi connectivity index (χ2n) is 6.65. The maximum absolute atomic E-state index is 11.9. The third-order valence-electron chi connectivity index (χ3n) is 4.63. The second-order valence-corrected chi connectivity index (χ2v) is 6.65. The Morgan fingerprint density at radius 1 is 1.28 bits per heavy atom. The summed E-state index contributed by atoms with van der Waals surface area (Å²) in [6.07, 6.45) is 13.3. The molecule has 2 aliphatic rings. The van der Waals surface area contributed by atoms with Gasteiger partial charge in [0, 0.05) is 19.3 Å². The van der Waals surface area contributed by atoms with E-state index >= 15 is 0 Å². The Morgan fingerprint density at radius 2 is 2.20 bits per heavy atom. The molecule has 136 valence electrons. The zero-order valence-corrected chi connectivity index (χ0v) is 14.5. The van der Waals surface area contributed by atoms with Gasteiger partial charge in [0.25, 0.3) is 0 Å². The van der Waals surface area contributed by atoms with E-state index in [1.54, 1.807) is 17.1 Å². The van der Waals surface area contributed by atoms with Crippen LogP contribution in [0.1, 0.15) is 44.9 Å². The first-order chi connectivity index (χ1) is 12.2. The van der Waals surface area contributed by atoms with Crippen molar-refractivity contribution in [3.05, 3.63) is 24.0 Å². The summed E-state index contributed by atoms with van der Waals surface area (Å²) in [4.78, 5) is 23.8. The number of allylic oxidation sites excluding steroid dienone is 1. The molecule has 1 aromatic rings. The Kier molecular flexibility index (Phi) is 6.22. The fourth-order valence-corrected chi connectivity index (χ4v) is 3.26. The first kappa shape index (κ1) is 17.7. The van der Waals surface area contributed by atoms with Gasteiger partial charge in [-0.2, -0.15) is 5.10 Å². The molecule has 3 rings (SSSR count). The number of hydrogen-bond donors (Lipinski definition) is 2. The molecule has 7 heteroatoms. The summed E-state index contributed by atoms with van der Waals surface area (Å²) in [5.41, 5.74) is 1.90. The summed E-state index contributed by atoms with van der Waals surface area (Å²) in [6.45, 7) is 1.96. The van der Waals surface area contributed by atoms with Crippen molar-refractivity contribution in [2.45, 2.75) is 57.6 Å². The lowest BCUT2D eigenvalue weighted by Crippen LogP contribution is -2.36. The van der Waals surface area contributed by atoms with Crippen molar-refractivity contribution in [3.8, 4) is 0 Å². The lowest BCUT2D eigenvalue weighted by molar-refractivity contribution is -0.136. The van der Waals surface area contributed by atoms with Crippen LogP contribution in [0.4, 0.5) is 5.69 Å². The summed E-state index contributed by atoms with van der Waals surface area (Å²) in [6, 6.07) is 0. The third-order valence-corrected chi connectivity index (χ3v) is 4.63. The zero-order valence-electron chi connectivity index (χ0n) is 14.5. The van der Waals surface area contributed by atoms with Gasteiger partial charge in [-0.05, 0) is 44.9 Å². The highest BCUT2D eigenvalue weighted by molar-refractivity contribution is 6.39. The van der Waals surface area contributed by atoms with E-state index in [0.717, 1.165) is 38.7 Å². The fraction of sp³-hybridized carbons (Fsp3) is 0.611. The molecule has 1 saturated heterocycles.